The summed E-state index contributed by atoms with van der Waals surface area (Å²) in [6.07, 6.45) is 6.89. The van der Waals surface area contributed by atoms with Crippen LogP contribution in [0.4, 0.5) is 0 Å². The molecule has 1 aliphatic rings. The monoisotopic (exact) mass is 467 g/mol. The first-order valence-corrected chi connectivity index (χ1v) is 11.6. The van der Waals surface area contributed by atoms with Gasteiger partial charge in [0.1, 0.15) is 11.6 Å². The normalized spacial score (nSPS) is 14.6. The number of halogens is 1. The van der Waals surface area contributed by atoms with Crippen molar-refractivity contribution in [2.45, 2.75) is 44.9 Å². The number of rotatable bonds is 7. The number of fused-ring (bicyclic) bond motifs is 1. The summed E-state index contributed by atoms with van der Waals surface area (Å²) in [7, 11) is 0. The van der Waals surface area contributed by atoms with E-state index in [1.807, 2.05) is 18.2 Å². The second-order valence-electron chi connectivity index (χ2n) is 7.96. The van der Waals surface area contributed by atoms with Gasteiger partial charge in [-0.2, -0.15) is 9.78 Å². The highest BCUT2D eigenvalue weighted by molar-refractivity contribution is 6.30. The van der Waals surface area contributed by atoms with Crippen LogP contribution >= 0.6 is 11.6 Å². The molecule has 1 saturated carbocycles. The number of hydrogen-bond donors (Lipinski definition) is 0. The first-order chi connectivity index (χ1) is 16.1. The fourth-order valence-corrected chi connectivity index (χ4v) is 4.27. The van der Waals surface area contributed by atoms with Crippen molar-refractivity contribution >= 4 is 34.7 Å². The third-order valence-corrected chi connectivity index (χ3v) is 5.92. The molecule has 0 atom stereocenters. The molecule has 0 bridgehead atoms. The van der Waals surface area contributed by atoms with Gasteiger partial charge in [-0.15, -0.1) is 0 Å². The van der Waals surface area contributed by atoms with Crippen molar-refractivity contribution in [1.82, 2.24) is 9.66 Å². The van der Waals surface area contributed by atoms with Crippen LogP contribution in [0.3, 0.4) is 0 Å². The van der Waals surface area contributed by atoms with Crippen LogP contribution in [0.5, 0.6) is 5.75 Å². The maximum atomic E-state index is 13.3. The Labute approximate surface area is 197 Å². The largest absolute Gasteiger partial charge is 0.481 e. The minimum Gasteiger partial charge on any atom is -0.481 e. The van der Waals surface area contributed by atoms with E-state index in [-0.39, 0.29) is 24.7 Å². The highest BCUT2D eigenvalue weighted by Crippen LogP contribution is 2.32. The molecule has 1 fully saturated rings. The zero-order chi connectivity index (χ0) is 23.2. The average Bonchev–Trinajstić information content (AvgIpc) is 2.83. The summed E-state index contributed by atoms with van der Waals surface area (Å²) in [5, 5.41) is 5.52. The standard InChI is InChI=1S/C25H26ClN3O4/c1-2-32-23(30)16-33-22-13-12-19(26)14-18(22)15-27-29-24(17-8-4-3-5-9-17)28-21-11-7-6-10-20(21)25(29)31/h6-7,10-15,17H,2-5,8-9,16H2,1H3. The van der Waals surface area contributed by atoms with E-state index >= 15 is 0 Å². The van der Waals surface area contributed by atoms with Crippen molar-refractivity contribution < 1.29 is 14.3 Å². The molecule has 0 unspecified atom stereocenters. The lowest BCUT2D eigenvalue weighted by atomic mass is 9.88. The summed E-state index contributed by atoms with van der Waals surface area (Å²) in [5.41, 5.74) is 1.01. The molecule has 3 aromatic rings. The average molecular weight is 468 g/mol. The molecule has 1 heterocycles. The Bertz CT molecular complexity index is 1230. The molecule has 0 amide bonds. The van der Waals surface area contributed by atoms with Crippen molar-refractivity contribution in [3.8, 4) is 5.75 Å². The number of para-hydroxylation sites is 1. The fourth-order valence-electron chi connectivity index (χ4n) is 4.09. The third kappa shape index (κ3) is 5.42. The van der Waals surface area contributed by atoms with E-state index in [0.717, 1.165) is 25.7 Å². The lowest BCUT2D eigenvalue weighted by Gasteiger charge is -2.22. The van der Waals surface area contributed by atoms with Gasteiger partial charge in [0, 0.05) is 16.5 Å². The predicted molar refractivity (Wildman–Crippen MR) is 128 cm³/mol. The van der Waals surface area contributed by atoms with E-state index in [2.05, 4.69) is 5.10 Å². The lowest BCUT2D eigenvalue weighted by molar-refractivity contribution is -0.145. The Morgan fingerprint density at radius 2 is 2.00 bits per heavy atom. The van der Waals surface area contributed by atoms with Gasteiger partial charge in [-0.05, 0) is 50.1 Å². The summed E-state index contributed by atoms with van der Waals surface area (Å²) < 4.78 is 11.9. The molecule has 172 valence electrons. The first kappa shape index (κ1) is 23.0. The molecule has 1 aliphatic carbocycles. The minimum absolute atomic E-state index is 0.173. The summed E-state index contributed by atoms with van der Waals surface area (Å²) in [6, 6.07) is 12.3. The van der Waals surface area contributed by atoms with Crippen molar-refractivity contribution in [2.24, 2.45) is 5.10 Å². The van der Waals surface area contributed by atoms with E-state index < -0.39 is 5.97 Å². The van der Waals surface area contributed by atoms with Crippen LogP contribution in [0.2, 0.25) is 5.02 Å². The Kier molecular flexibility index (Phi) is 7.40. The molecule has 0 radical (unpaired) electrons. The third-order valence-electron chi connectivity index (χ3n) is 5.68. The Hall–Kier alpha value is -3.19. The van der Waals surface area contributed by atoms with Crippen LogP contribution in [0.25, 0.3) is 10.9 Å². The number of benzene rings is 2. The van der Waals surface area contributed by atoms with Gasteiger partial charge in [0.2, 0.25) is 0 Å². The number of carbonyl (C=O) groups excluding carboxylic acids is 1. The molecule has 4 rings (SSSR count). The molecule has 8 heteroatoms. The van der Waals surface area contributed by atoms with Crippen LogP contribution in [0.1, 0.15) is 56.3 Å². The van der Waals surface area contributed by atoms with E-state index in [0.29, 0.717) is 33.1 Å². The van der Waals surface area contributed by atoms with Gasteiger partial charge in [0.15, 0.2) is 6.61 Å². The number of esters is 1. The van der Waals surface area contributed by atoms with Crippen LogP contribution in [-0.2, 0) is 9.53 Å². The number of aromatic nitrogens is 2. The predicted octanol–water partition coefficient (Wildman–Crippen LogP) is 4.92. The molecule has 0 saturated heterocycles. The zero-order valence-electron chi connectivity index (χ0n) is 18.5. The molecule has 1 aromatic heterocycles. The maximum Gasteiger partial charge on any atom is 0.344 e. The van der Waals surface area contributed by atoms with Crippen LogP contribution < -0.4 is 10.3 Å². The summed E-state index contributed by atoms with van der Waals surface area (Å²) in [5.74, 6) is 0.792. The zero-order valence-corrected chi connectivity index (χ0v) is 19.3. The van der Waals surface area contributed by atoms with Crippen molar-refractivity contribution in [1.29, 1.82) is 0 Å². The summed E-state index contributed by atoms with van der Waals surface area (Å²) in [6.45, 7) is 1.78. The molecule has 7 nitrogen and oxygen atoms in total. The minimum atomic E-state index is -0.468. The topological polar surface area (TPSA) is 82.8 Å². The number of hydrogen-bond acceptors (Lipinski definition) is 6. The quantitative estimate of drug-likeness (QED) is 0.363. The number of carbonyl (C=O) groups is 1. The van der Waals surface area contributed by atoms with Crippen molar-refractivity contribution in [2.75, 3.05) is 13.2 Å². The van der Waals surface area contributed by atoms with Gasteiger partial charge in [-0.25, -0.2) is 9.78 Å². The molecule has 0 aliphatic heterocycles. The van der Waals surface area contributed by atoms with Crippen LogP contribution in [0, 0.1) is 0 Å². The fraction of sp³-hybridized carbons (Fsp3) is 0.360. The van der Waals surface area contributed by atoms with Gasteiger partial charge in [0.25, 0.3) is 5.56 Å². The molecule has 2 aromatic carbocycles. The molecule has 0 N–H and O–H groups in total. The molecular formula is C25H26ClN3O4. The molecular weight excluding hydrogens is 442 g/mol. The van der Waals surface area contributed by atoms with Crippen LogP contribution in [-0.4, -0.2) is 35.1 Å². The van der Waals surface area contributed by atoms with Crippen LogP contribution in [0.15, 0.2) is 52.4 Å². The lowest BCUT2D eigenvalue weighted by Crippen LogP contribution is -2.25. The van der Waals surface area contributed by atoms with E-state index in [1.165, 1.54) is 17.3 Å². The van der Waals surface area contributed by atoms with Gasteiger partial charge < -0.3 is 9.47 Å². The van der Waals surface area contributed by atoms with Gasteiger partial charge in [-0.1, -0.05) is 43.0 Å². The summed E-state index contributed by atoms with van der Waals surface area (Å²) >= 11 is 6.18. The van der Waals surface area contributed by atoms with Crippen molar-refractivity contribution in [3.05, 3.63) is 69.2 Å². The van der Waals surface area contributed by atoms with Gasteiger partial charge >= 0.3 is 5.97 Å². The number of nitrogens with zero attached hydrogens (tertiary/aromatic N) is 3. The second-order valence-corrected chi connectivity index (χ2v) is 8.40. The maximum absolute atomic E-state index is 13.3. The van der Waals surface area contributed by atoms with Gasteiger partial charge in [0.05, 0.1) is 23.7 Å². The van der Waals surface area contributed by atoms with Crippen molar-refractivity contribution in [3.63, 3.8) is 0 Å². The first-order valence-electron chi connectivity index (χ1n) is 11.2. The molecule has 33 heavy (non-hydrogen) atoms. The Morgan fingerprint density at radius 1 is 1.21 bits per heavy atom. The highest BCUT2D eigenvalue weighted by atomic mass is 35.5. The SMILES string of the molecule is CCOC(=O)COc1ccc(Cl)cc1C=Nn1c(C2CCCCC2)nc2ccccc2c1=O. The smallest absolute Gasteiger partial charge is 0.344 e. The Morgan fingerprint density at radius 3 is 2.79 bits per heavy atom. The Balaban J connectivity index is 1.73. The highest BCUT2D eigenvalue weighted by Gasteiger charge is 2.22. The van der Waals surface area contributed by atoms with E-state index in [9.17, 15) is 9.59 Å². The van der Waals surface area contributed by atoms with E-state index in [1.54, 1.807) is 31.2 Å². The summed E-state index contributed by atoms with van der Waals surface area (Å²) in [4.78, 5) is 29.9. The molecule has 0 spiro atoms. The van der Waals surface area contributed by atoms with E-state index in [4.69, 9.17) is 26.1 Å². The van der Waals surface area contributed by atoms with Gasteiger partial charge in [-0.3, -0.25) is 4.79 Å². The number of ether oxygens (including phenoxy) is 2. The second kappa shape index (κ2) is 10.6.